The molecule has 0 spiro atoms. The molecule has 0 saturated carbocycles. The standard InChI is InChI=1S/C39H47N5O8/c1-8-24-19(2)27-18-32-35(23(6)46)21(4)29(42-32)16-28-20(3)25(9-10-33(47)48)37(43-28)26(15-34(49)51-7)38-36(39(50)40-11-13-52-14-12-45)22(5)30(44-38)17-31(24)41-27/h16-18,20,25,43,45-46H,8-15H2,1-7H3,(H,40,50)(H,47,48). The van der Waals surface area contributed by atoms with Crippen molar-refractivity contribution in [2.24, 2.45) is 26.8 Å². The second-order valence-electron chi connectivity index (χ2n) is 13.2. The number of methoxy groups -OCH3 is 1. The van der Waals surface area contributed by atoms with Gasteiger partial charge in [-0.25, -0.2) is 15.0 Å². The Morgan fingerprint density at radius 3 is 2.31 bits per heavy atom. The van der Waals surface area contributed by atoms with E-state index >= 15 is 0 Å². The highest BCUT2D eigenvalue weighted by atomic mass is 16.5. The van der Waals surface area contributed by atoms with Crippen molar-refractivity contribution in [3.63, 3.8) is 0 Å². The molecule has 5 rings (SSSR count). The van der Waals surface area contributed by atoms with Crippen LogP contribution in [0.1, 0.15) is 67.2 Å². The van der Waals surface area contributed by atoms with Gasteiger partial charge >= 0.3 is 11.9 Å². The van der Waals surface area contributed by atoms with Crippen LogP contribution < -0.4 is 10.6 Å². The average Bonchev–Trinajstić information content (AvgIpc) is 3.78. The van der Waals surface area contributed by atoms with Gasteiger partial charge in [-0.3, -0.25) is 14.4 Å². The Morgan fingerprint density at radius 2 is 1.65 bits per heavy atom. The summed E-state index contributed by atoms with van der Waals surface area (Å²) in [5, 5.41) is 36.0. The lowest BCUT2D eigenvalue weighted by Gasteiger charge is -2.20. The van der Waals surface area contributed by atoms with Gasteiger partial charge < -0.3 is 35.4 Å². The normalized spacial score (nSPS) is 22.2. The van der Waals surface area contributed by atoms with E-state index in [4.69, 9.17) is 29.6 Å². The molecule has 52 heavy (non-hydrogen) atoms. The highest BCUT2D eigenvalue weighted by molar-refractivity contribution is 6.32. The number of amides is 1. The molecule has 13 nitrogen and oxygen atoms in total. The van der Waals surface area contributed by atoms with E-state index < -0.39 is 23.8 Å². The number of rotatable bonds is 12. The zero-order valence-electron chi connectivity index (χ0n) is 30.8. The summed E-state index contributed by atoms with van der Waals surface area (Å²) >= 11 is 0. The number of ether oxygens (including phenoxy) is 2. The van der Waals surface area contributed by atoms with E-state index in [9.17, 15) is 24.6 Å². The van der Waals surface area contributed by atoms with Gasteiger partial charge in [0.2, 0.25) is 0 Å². The fraction of sp³-hybridized carbons (Fsp3) is 0.436. The number of carbonyl (C=O) groups is 3. The van der Waals surface area contributed by atoms with Gasteiger partial charge in [-0.05, 0) is 81.1 Å². The van der Waals surface area contributed by atoms with Crippen LogP contribution in [0.5, 0.6) is 0 Å². The number of esters is 1. The number of carboxylic acid groups (broad SMARTS) is 1. The second kappa shape index (κ2) is 16.0. The number of carboxylic acids is 1. The minimum Gasteiger partial charge on any atom is -0.512 e. The number of aliphatic carboxylic acids is 1. The van der Waals surface area contributed by atoms with Gasteiger partial charge in [0.1, 0.15) is 0 Å². The summed E-state index contributed by atoms with van der Waals surface area (Å²) in [4.78, 5) is 54.1. The van der Waals surface area contributed by atoms with Crippen LogP contribution in [0.25, 0.3) is 0 Å². The predicted molar refractivity (Wildman–Crippen MR) is 198 cm³/mol. The largest absolute Gasteiger partial charge is 0.512 e. The van der Waals surface area contributed by atoms with Gasteiger partial charge in [0.25, 0.3) is 5.91 Å². The molecule has 1 amide bonds. The second-order valence-corrected chi connectivity index (χ2v) is 13.2. The summed E-state index contributed by atoms with van der Waals surface area (Å²) in [7, 11) is 1.29. The number of aliphatic imine (C=N–C) groups is 3. The maximum Gasteiger partial charge on any atom is 0.310 e. The van der Waals surface area contributed by atoms with Crippen LogP contribution in [-0.4, -0.2) is 83.8 Å². The molecule has 0 aromatic carbocycles. The van der Waals surface area contributed by atoms with E-state index in [0.717, 1.165) is 22.4 Å². The lowest BCUT2D eigenvalue weighted by molar-refractivity contribution is -0.140. The number of hydrogen-bond acceptors (Lipinski definition) is 11. The zero-order valence-corrected chi connectivity index (χ0v) is 30.8. The molecule has 8 bridgehead atoms. The number of nitrogens with zero attached hydrogens (tertiary/aromatic N) is 3. The van der Waals surface area contributed by atoms with Crippen molar-refractivity contribution < 1.29 is 39.2 Å². The summed E-state index contributed by atoms with van der Waals surface area (Å²) in [5.74, 6) is -2.48. The fourth-order valence-electron chi connectivity index (χ4n) is 7.22. The van der Waals surface area contributed by atoms with Crippen molar-refractivity contribution in [2.75, 3.05) is 33.5 Å². The van der Waals surface area contributed by atoms with E-state index in [0.29, 0.717) is 57.4 Å². The molecule has 0 aromatic heterocycles. The Kier molecular flexibility index (Phi) is 11.8. The first kappa shape index (κ1) is 38.1. The lowest BCUT2D eigenvalue weighted by Crippen LogP contribution is -2.32. The molecule has 2 unspecified atom stereocenters. The third-order valence-electron chi connectivity index (χ3n) is 9.99. The van der Waals surface area contributed by atoms with Gasteiger partial charge in [0.15, 0.2) is 0 Å². The zero-order chi connectivity index (χ0) is 37.9. The number of carbonyl (C=O) groups excluding carboxylic acids is 2. The van der Waals surface area contributed by atoms with Crippen LogP contribution in [0.2, 0.25) is 0 Å². The first-order valence-electron chi connectivity index (χ1n) is 17.5. The van der Waals surface area contributed by atoms with E-state index in [-0.39, 0.29) is 68.6 Å². The minimum absolute atomic E-state index is 0.118. The highest BCUT2D eigenvalue weighted by Crippen LogP contribution is 2.43. The molecule has 5 aliphatic rings. The van der Waals surface area contributed by atoms with Crippen LogP contribution in [0.4, 0.5) is 0 Å². The first-order valence-corrected chi connectivity index (χ1v) is 17.5. The number of allylic oxidation sites excluding steroid dienone is 11. The van der Waals surface area contributed by atoms with Crippen LogP contribution >= 0.6 is 0 Å². The summed E-state index contributed by atoms with van der Waals surface area (Å²) in [6.45, 7) is 11.6. The topological polar surface area (TPSA) is 191 Å². The number of hydrogen-bond donors (Lipinski definition) is 5. The number of nitrogens with one attached hydrogen (secondary N) is 2. The molecule has 1 saturated heterocycles. The molecule has 5 aliphatic heterocycles. The number of aliphatic hydroxyl groups is 2. The molecule has 0 aliphatic carbocycles. The average molecular weight is 714 g/mol. The molecular formula is C39H47N5O8. The molecule has 0 radical (unpaired) electrons. The van der Waals surface area contributed by atoms with Gasteiger partial charge in [-0.2, -0.15) is 0 Å². The van der Waals surface area contributed by atoms with Crippen molar-refractivity contribution in [2.45, 2.75) is 67.2 Å². The third kappa shape index (κ3) is 7.56. The van der Waals surface area contributed by atoms with Crippen molar-refractivity contribution >= 4 is 35.0 Å². The van der Waals surface area contributed by atoms with Crippen LogP contribution in [-0.2, 0) is 23.9 Å². The van der Waals surface area contributed by atoms with Crippen molar-refractivity contribution in [1.29, 1.82) is 0 Å². The summed E-state index contributed by atoms with van der Waals surface area (Å²) in [6, 6.07) is 0. The van der Waals surface area contributed by atoms with Crippen molar-refractivity contribution in [3.8, 4) is 0 Å². The Morgan fingerprint density at radius 1 is 0.942 bits per heavy atom. The Balaban J connectivity index is 1.82. The predicted octanol–water partition coefficient (Wildman–Crippen LogP) is 4.83. The Labute approximate surface area is 303 Å². The molecule has 0 aromatic rings. The smallest absolute Gasteiger partial charge is 0.310 e. The van der Waals surface area contributed by atoms with E-state index in [1.165, 1.54) is 7.11 Å². The summed E-state index contributed by atoms with van der Waals surface area (Å²) < 4.78 is 10.5. The Hall–Kier alpha value is -5.14. The molecule has 5 N–H and O–H groups in total. The minimum atomic E-state index is -0.963. The SMILES string of the molecule is CCC1=C(C)C2=CC3=NC(=C(C)C3=C(C)O)C=C3NC(=C(CC(=O)OC)C4=NC(=CC1=N2)C(C)=C4C(=O)NCCOCCO)C(CCC(=O)O)C3C. The van der Waals surface area contributed by atoms with Crippen LogP contribution in [0, 0.1) is 11.8 Å². The van der Waals surface area contributed by atoms with Crippen molar-refractivity contribution in [3.05, 3.63) is 91.5 Å². The lowest BCUT2D eigenvalue weighted by atomic mass is 9.84. The summed E-state index contributed by atoms with van der Waals surface area (Å²) in [5.41, 5.74) is 9.15. The van der Waals surface area contributed by atoms with E-state index in [1.807, 2.05) is 45.9 Å². The molecule has 13 heteroatoms. The van der Waals surface area contributed by atoms with Gasteiger partial charge in [-0.15, -0.1) is 0 Å². The molecule has 276 valence electrons. The fourth-order valence-corrected chi connectivity index (χ4v) is 7.22. The number of aliphatic hydroxyl groups excluding tert-OH is 2. The van der Waals surface area contributed by atoms with Crippen LogP contribution in [0.15, 0.2) is 106 Å². The molecule has 5 heterocycles. The highest BCUT2D eigenvalue weighted by Gasteiger charge is 2.40. The Bertz CT molecular complexity index is 1940. The van der Waals surface area contributed by atoms with Crippen LogP contribution in [0.3, 0.4) is 0 Å². The van der Waals surface area contributed by atoms with Gasteiger partial charge in [0, 0.05) is 47.3 Å². The maximum atomic E-state index is 14.0. The first-order chi connectivity index (χ1) is 24.8. The van der Waals surface area contributed by atoms with E-state index in [1.54, 1.807) is 13.8 Å². The number of fused-ring (bicyclic) bond motifs is 5. The molecular weight excluding hydrogens is 666 g/mol. The third-order valence-corrected chi connectivity index (χ3v) is 9.99. The quantitative estimate of drug-likeness (QED) is 0.107. The van der Waals surface area contributed by atoms with Gasteiger partial charge in [-0.1, -0.05) is 13.8 Å². The van der Waals surface area contributed by atoms with E-state index in [2.05, 4.69) is 10.6 Å². The van der Waals surface area contributed by atoms with Crippen molar-refractivity contribution in [1.82, 2.24) is 10.6 Å². The van der Waals surface area contributed by atoms with Gasteiger partial charge in [0.05, 0.1) is 78.9 Å². The maximum absolute atomic E-state index is 14.0. The molecule has 2 atom stereocenters. The summed E-state index contributed by atoms with van der Waals surface area (Å²) in [6.07, 6.45) is 6.13. The molecule has 1 fully saturated rings. The monoisotopic (exact) mass is 713 g/mol.